The molecule has 0 amide bonds. The van der Waals surface area contributed by atoms with Crippen molar-refractivity contribution in [3.63, 3.8) is 0 Å². The summed E-state index contributed by atoms with van der Waals surface area (Å²) < 4.78 is 31.1. The predicted octanol–water partition coefficient (Wildman–Crippen LogP) is 2.81. The van der Waals surface area contributed by atoms with Crippen molar-refractivity contribution in [2.75, 3.05) is 0 Å². The molecule has 0 fully saturated rings. The highest BCUT2D eigenvalue weighted by Gasteiger charge is 2.05. The van der Waals surface area contributed by atoms with Gasteiger partial charge in [0.25, 0.3) is 0 Å². The molecule has 0 spiro atoms. The van der Waals surface area contributed by atoms with Crippen molar-refractivity contribution in [3.05, 3.63) is 59.4 Å². The second-order valence-corrected chi connectivity index (χ2v) is 3.52. The first kappa shape index (κ1) is 12.0. The number of hydrogen-bond donors (Lipinski definition) is 0. The van der Waals surface area contributed by atoms with Gasteiger partial charge in [-0.1, -0.05) is 0 Å². The van der Waals surface area contributed by atoms with E-state index in [0.29, 0.717) is 5.56 Å². The van der Waals surface area contributed by atoms with Gasteiger partial charge in [-0.15, -0.1) is 0 Å². The Labute approximate surface area is 102 Å². The molecule has 0 atom stereocenters. The van der Waals surface area contributed by atoms with E-state index in [1.54, 1.807) is 12.1 Å². The first-order valence-electron chi connectivity index (χ1n) is 5.12. The number of nitrogens with zero attached hydrogens (tertiary/aromatic N) is 2. The van der Waals surface area contributed by atoms with Crippen molar-refractivity contribution in [3.8, 4) is 11.8 Å². The third kappa shape index (κ3) is 2.80. The van der Waals surface area contributed by atoms with Gasteiger partial charge >= 0.3 is 0 Å². The Morgan fingerprint density at radius 3 is 2.78 bits per heavy atom. The summed E-state index contributed by atoms with van der Waals surface area (Å²) in [7, 11) is 0. The molecule has 5 heteroatoms. The number of aromatic nitrogens is 1. The molecule has 1 heterocycles. The molecular weight excluding hydrogens is 238 g/mol. The first-order valence-corrected chi connectivity index (χ1v) is 5.12. The highest BCUT2D eigenvalue weighted by molar-refractivity contribution is 5.27. The molecule has 0 bridgehead atoms. The molecule has 1 aromatic heterocycles. The molecule has 0 radical (unpaired) electrons. The number of nitriles is 1. The van der Waals surface area contributed by atoms with Crippen molar-refractivity contribution in [1.82, 2.24) is 4.98 Å². The fourth-order valence-corrected chi connectivity index (χ4v) is 1.38. The first-order chi connectivity index (χ1) is 8.69. The molecular formula is C13H8F2N2O. The van der Waals surface area contributed by atoms with Crippen LogP contribution in [0.3, 0.4) is 0 Å². The van der Waals surface area contributed by atoms with Crippen molar-refractivity contribution >= 4 is 0 Å². The van der Waals surface area contributed by atoms with Crippen LogP contribution in [0, 0.1) is 23.0 Å². The Kier molecular flexibility index (Phi) is 3.49. The molecule has 0 unspecified atom stereocenters. The van der Waals surface area contributed by atoms with Crippen LogP contribution in [0.4, 0.5) is 8.78 Å². The molecule has 1 aromatic carbocycles. The summed E-state index contributed by atoms with van der Waals surface area (Å²) in [6.45, 7) is 0.0831. The van der Waals surface area contributed by atoms with E-state index in [4.69, 9.17) is 10.00 Å². The lowest BCUT2D eigenvalue weighted by atomic mass is 10.2. The summed E-state index contributed by atoms with van der Waals surface area (Å²) in [5, 5.41) is 8.67. The van der Waals surface area contributed by atoms with Crippen LogP contribution in [-0.4, -0.2) is 4.98 Å². The summed E-state index contributed by atoms with van der Waals surface area (Å²) in [6, 6.07) is 8.18. The Morgan fingerprint density at radius 1 is 1.22 bits per heavy atom. The van der Waals surface area contributed by atoms with Crippen LogP contribution in [0.1, 0.15) is 11.3 Å². The SMILES string of the molecule is N#Cc1cc(COc2ccc(F)cc2F)ccn1. The van der Waals surface area contributed by atoms with Gasteiger partial charge in [-0.3, -0.25) is 0 Å². The normalized spacial score (nSPS) is 9.83. The molecule has 0 aliphatic heterocycles. The Balaban J connectivity index is 2.09. The van der Waals surface area contributed by atoms with E-state index in [1.807, 2.05) is 6.07 Å². The van der Waals surface area contributed by atoms with Gasteiger partial charge in [0, 0.05) is 12.3 Å². The van der Waals surface area contributed by atoms with Gasteiger partial charge in [0.2, 0.25) is 0 Å². The topological polar surface area (TPSA) is 45.9 Å². The van der Waals surface area contributed by atoms with Gasteiger partial charge in [0.05, 0.1) is 0 Å². The number of ether oxygens (including phenoxy) is 1. The van der Waals surface area contributed by atoms with Crippen LogP contribution in [0.15, 0.2) is 36.5 Å². The van der Waals surface area contributed by atoms with E-state index < -0.39 is 11.6 Å². The number of halogens is 2. The third-order valence-electron chi connectivity index (χ3n) is 2.23. The minimum atomic E-state index is -0.760. The molecule has 2 aromatic rings. The van der Waals surface area contributed by atoms with Crippen LogP contribution in [0.5, 0.6) is 5.75 Å². The zero-order chi connectivity index (χ0) is 13.0. The van der Waals surface area contributed by atoms with E-state index in [-0.39, 0.29) is 18.1 Å². The standard InChI is InChI=1S/C13H8F2N2O/c14-10-1-2-13(12(15)6-10)18-8-9-3-4-17-11(5-9)7-16/h1-6H,8H2. The molecule has 0 saturated carbocycles. The maximum atomic E-state index is 13.3. The van der Waals surface area contributed by atoms with Gasteiger partial charge in [-0.2, -0.15) is 5.26 Å². The minimum Gasteiger partial charge on any atom is -0.486 e. The average molecular weight is 246 g/mol. The van der Waals surface area contributed by atoms with Crippen LogP contribution in [0.2, 0.25) is 0 Å². The smallest absolute Gasteiger partial charge is 0.167 e. The van der Waals surface area contributed by atoms with Crippen molar-refractivity contribution in [2.45, 2.75) is 6.61 Å². The lowest BCUT2D eigenvalue weighted by molar-refractivity contribution is 0.289. The summed E-state index contributed by atoms with van der Waals surface area (Å²) in [6.07, 6.45) is 1.47. The zero-order valence-corrected chi connectivity index (χ0v) is 9.23. The fraction of sp³-hybridized carbons (Fsp3) is 0.0769. The average Bonchev–Trinajstić information content (AvgIpc) is 2.38. The highest BCUT2D eigenvalue weighted by Crippen LogP contribution is 2.18. The fourth-order valence-electron chi connectivity index (χ4n) is 1.38. The van der Waals surface area contributed by atoms with Gasteiger partial charge < -0.3 is 4.74 Å². The second kappa shape index (κ2) is 5.23. The summed E-state index contributed by atoms with van der Waals surface area (Å²) in [4.78, 5) is 3.80. The number of pyridine rings is 1. The van der Waals surface area contributed by atoms with E-state index in [9.17, 15) is 8.78 Å². The molecule has 0 N–H and O–H groups in total. The predicted molar refractivity (Wildman–Crippen MR) is 59.6 cm³/mol. The molecule has 3 nitrogen and oxygen atoms in total. The maximum absolute atomic E-state index is 13.3. The summed E-state index contributed by atoms with van der Waals surface area (Å²) in [5.41, 5.74) is 0.945. The molecule has 0 aliphatic carbocycles. The van der Waals surface area contributed by atoms with Crippen molar-refractivity contribution < 1.29 is 13.5 Å². The van der Waals surface area contributed by atoms with Gasteiger partial charge in [-0.25, -0.2) is 13.8 Å². The number of benzene rings is 1. The van der Waals surface area contributed by atoms with Crippen LogP contribution >= 0.6 is 0 Å². The lowest BCUT2D eigenvalue weighted by Crippen LogP contribution is -1.98. The highest BCUT2D eigenvalue weighted by atomic mass is 19.1. The number of hydrogen-bond acceptors (Lipinski definition) is 3. The van der Waals surface area contributed by atoms with E-state index in [2.05, 4.69) is 4.98 Å². The summed E-state index contributed by atoms with van der Waals surface area (Å²) in [5.74, 6) is -1.45. The second-order valence-electron chi connectivity index (χ2n) is 3.52. The molecule has 2 rings (SSSR count). The van der Waals surface area contributed by atoms with Crippen molar-refractivity contribution in [1.29, 1.82) is 5.26 Å². The van der Waals surface area contributed by atoms with Gasteiger partial charge in [0.1, 0.15) is 24.2 Å². The van der Waals surface area contributed by atoms with E-state index in [1.165, 1.54) is 12.3 Å². The Morgan fingerprint density at radius 2 is 2.06 bits per heavy atom. The van der Waals surface area contributed by atoms with Crippen molar-refractivity contribution in [2.24, 2.45) is 0 Å². The summed E-state index contributed by atoms with van der Waals surface area (Å²) >= 11 is 0. The largest absolute Gasteiger partial charge is 0.486 e. The monoisotopic (exact) mass is 246 g/mol. The van der Waals surface area contributed by atoms with E-state index >= 15 is 0 Å². The number of rotatable bonds is 3. The quantitative estimate of drug-likeness (QED) is 0.836. The zero-order valence-electron chi connectivity index (χ0n) is 9.23. The minimum absolute atomic E-state index is 0.0354. The van der Waals surface area contributed by atoms with Crippen LogP contribution < -0.4 is 4.74 Å². The van der Waals surface area contributed by atoms with Crippen LogP contribution in [-0.2, 0) is 6.61 Å². The molecule has 0 aliphatic rings. The Hall–Kier alpha value is -2.48. The molecule has 0 saturated heterocycles. The molecule has 18 heavy (non-hydrogen) atoms. The Bertz CT molecular complexity index is 608. The lowest BCUT2D eigenvalue weighted by Gasteiger charge is -2.07. The van der Waals surface area contributed by atoms with E-state index in [0.717, 1.165) is 12.1 Å². The van der Waals surface area contributed by atoms with Gasteiger partial charge in [-0.05, 0) is 29.8 Å². The van der Waals surface area contributed by atoms with Gasteiger partial charge in [0.15, 0.2) is 11.6 Å². The molecule has 90 valence electrons. The third-order valence-corrected chi connectivity index (χ3v) is 2.23. The van der Waals surface area contributed by atoms with Crippen LogP contribution in [0.25, 0.3) is 0 Å². The maximum Gasteiger partial charge on any atom is 0.167 e.